The summed E-state index contributed by atoms with van der Waals surface area (Å²) >= 11 is 0. The normalized spacial score (nSPS) is 25.9. The van der Waals surface area contributed by atoms with Crippen molar-refractivity contribution in [2.45, 2.75) is 45.8 Å². The molecule has 16 heavy (non-hydrogen) atoms. The van der Waals surface area contributed by atoms with E-state index in [2.05, 4.69) is 38.0 Å². The fourth-order valence-electron chi connectivity index (χ4n) is 2.31. The van der Waals surface area contributed by atoms with Gasteiger partial charge in [-0.1, -0.05) is 13.8 Å². The molecular formula is C13H28N2O. The third-order valence-corrected chi connectivity index (χ3v) is 3.32. The monoisotopic (exact) mass is 228 g/mol. The molecule has 0 aromatic heterocycles. The highest BCUT2D eigenvalue weighted by atomic mass is 16.5. The van der Waals surface area contributed by atoms with Gasteiger partial charge in [-0.15, -0.1) is 0 Å². The molecule has 1 heterocycles. The van der Waals surface area contributed by atoms with Gasteiger partial charge in [0.1, 0.15) is 0 Å². The van der Waals surface area contributed by atoms with Crippen LogP contribution in [0.2, 0.25) is 0 Å². The Kier molecular flexibility index (Phi) is 6.32. The predicted molar refractivity (Wildman–Crippen MR) is 68.8 cm³/mol. The van der Waals surface area contributed by atoms with E-state index in [0.29, 0.717) is 12.1 Å². The Bertz CT molecular complexity index is 185. The Morgan fingerprint density at radius 3 is 2.75 bits per heavy atom. The zero-order chi connectivity index (χ0) is 12.0. The number of rotatable bonds is 7. The number of hydrogen-bond donors (Lipinski definition) is 1. The van der Waals surface area contributed by atoms with E-state index in [4.69, 9.17) is 4.74 Å². The Labute approximate surface area is 101 Å². The van der Waals surface area contributed by atoms with Crippen LogP contribution in [0.4, 0.5) is 0 Å². The van der Waals surface area contributed by atoms with Crippen LogP contribution < -0.4 is 5.32 Å². The summed E-state index contributed by atoms with van der Waals surface area (Å²) in [4.78, 5) is 2.45. The molecule has 0 bridgehead atoms. The molecule has 1 N–H and O–H groups in total. The van der Waals surface area contributed by atoms with E-state index in [9.17, 15) is 0 Å². The third kappa shape index (κ3) is 4.81. The van der Waals surface area contributed by atoms with Gasteiger partial charge in [-0.05, 0) is 52.4 Å². The predicted octanol–water partition coefficient (Wildman–Crippen LogP) is 1.73. The van der Waals surface area contributed by atoms with E-state index in [0.717, 1.165) is 25.6 Å². The van der Waals surface area contributed by atoms with Gasteiger partial charge in [-0.2, -0.15) is 0 Å². The van der Waals surface area contributed by atoms with Crippen LogP contribution in [0.15, 0.2) is 0 Å². The third-order valence-electron chi connectivity index (χ3n) is 3.32. The highest BCUT2D eigenvalue weighted by Gasteiger charge is 2.27. The first-order chi connectivity index (χ1) is 7.61. The van der Waals surface area contributed by atoms with Crippen LogP contribution in [0.1, 0.15) is 33.6 Å². The Morgan fingerprint density at radius 1 is 1.44 bits per heavy atom. The summed E-state index contributed by atoms with van der Waals surface area (Å²) in [6, 6.07) is 0.630. The first kappa shape index (κ1) is 13.9. The molecule has 2 atom stereocenters. The van der Waals surface area contributed by atoms with Crippen molar-refractivity contribution in [3.63, 3.8) is 0 Å². The van der Waals surface area contributed by atoms with Gasteiger partial charge >= 0.3 is 0 Å². The minimum atomic E-state index is 0.411. The molecule has 3 nitrogen and oxygen atoms in total. The van der Waals surface area contributed by atoms with E-state index >= 15 is 0 Å². The zero-order valence-corrected chi connectivity index (χ0v) is 11.3. The van der Waals surface area contributed by atoms with E-state index in [1.807, 2.05) is 0 Å². The van der Waals surface area contributed by atoms with Crippen molar-refractivity contribution in [1.29, 1.82) is 0 Å². The van der Waals surface area contributed by atoms with Crippen LogP contribution in [0, 0.1) is 5.92 Å². The van der Waals surface area contributed by atoms with Crippen LogP contribution >= 0.6 is 0 Å². The number of nitrogens with one attached hydrogen (secondary N) is 1. The maximum Gasteiger partial charge on any atom is 0.0702 e. The average molecular weight is 228 g/mol. The van der Waals surface area contributed by atoms with Gasteiger partial charge in [-0.25, -0.2) is 0 Å². The fourth-order valence-corrected chi connectivity index (χ4v) is 2.31. The molecule has 1 rings (SSSR count). The SMILES string of the molecule is CC(C)CNCCCN(C)C1CCOC1C. The molecule has 1 aliphatic rings. The van der Waals surface area contributed by atoms with Crippen LogP contribution in [-0.4, -0.2) is 50.3 Å². The molecule has 1 saturated heterocycles. The Morgan fingerprint density at radius 2 is 2.19 bits per heavy atom. The van der Waals surface area contributed by atoms with Crippen molar-refractivity contribution in [2.75, 3.05) is 33.3 Å². The molecule has 0 aromatic carbocycles. The molecule has 0 saturated carbocycles. The minimum absolute atomic E-state index is 0.411. The van der Waals surface area contributed by atoms with Gasteiger partial charge in [0.05, 0.1) is 6.10 Å². The number of likely N-dealkylation sites (N-methyl/N-ethyl adjacent to an activating group) is 1. The first-order valence-corrected chi connectivity index (χ1v) is 6.64. The van der Waals surface area contributed by atoms with Crippen LogP contribution in [0.3, 0.4) is 0 Å². The lowest BCUT2D eigenvalue weighted by Gasteiger charge is -2.26. The van der Waals surface area contributed by atoms with Crippen LogP contribution in [-0.2, 0) is 4.74 Å². The summed E-state index contributed by atoms with van der Waals surface area (Å²) in [7, 11) is 2.22. The second-order valence-electron chi connectivity index (χ2n) is 5.36. The lowest BCUT2D eigenvalue weighted by atomic mass is 10.1. The molecule has 0 amide bonds. The van der Waals surface area contributed by atoms with Gasteiger partial charge in [0.15, 0.2) is 0 Å². The maximum atomic E-state index is 5.59. The molecule has 1 fully saturated rings. The van der Waals surface area contributed by atoms with Crippen LogP contribution in [0.25, 0.3) is 0 Å². The first-order valence-electron chi connectivity index (χ1n) is 6.64. The largest absolute Gasteiger partial charge is 0.377 e. The number of ether oxygens (including phenoxy) is 1. The van der Waals surface area contributed by atoms with Gasteiger partial charge in [-0.3, -0.25) is 0 Å². The summed E-state index contributed by atoms with van der Waals surface area (Å²) < 4.78 is 5.59. The van der Waals surface area contributed by atoms with E-state index < -0.39 is 0 Å². The smallest absolute Gasteiger partial charge is 0.0702 e. The topological polar surface area (TPSA) is 24.5 Å². The van der Waals surface area contributed by atoms with E-state index in [-0.39, 0.29) is 0 Å². The Hall–Kier alpha value is -0.120. The van der Waals surface area contributed by atoms with Crippen molar-refractivity contribution in [1.82, 2.24) is 10.2 Å². The number of nitrogens with zero attached hydrogens (tertiary/aromatic N) is 1. The van der Waals surface area contributed by atoms with Crippen molar-refractivity contribution >= 4 is 0 Å². The maximum absolute atomic E-state index is 5.59. The second kappa shape index (κ2) is 7.25. The summed E-state index contributed by atoms with van der Waals surface area (Å²) in [5.41, 5.74) is 0. The molecule has 0 radical (unpaired) electrons. The second-order valence-corrected chi connectivity index (χ2v) is 5.36. The standard InChI is InChI=1S/C13H28N2O/c1-11(2)10-14-7-5-8-15(4)13-6-9-16-12(13)3/h11-14H,5-10H2,1-4H3. The van der Waals surface area contributed by atoms with Crippen molar-refractivity contribution < 1.29 is 4.74 Å². The summed E-state index contributed by atoms with van der Waals surface area (Å²) in [6.07, 6.45) is 2.83. The average Bonchev–Trinajstić information content (AvgIpc) is 2.63. The van der Waals surface area contributed by atoms with Crippen molar-refractivity contribution in [2.24, 2.45) is 5.92 Å². The lowest BCUT2D eigenvalue weighted by Crippen LogP contribution is -2.38. The molecular weight excluding hydrogens is 200 g/mol. The highest BCUT2D eigenvalue weighted by Crippen LogP contribution is 2.17. The van der Waals surface area contributed by atoms with Gasteiger partial charge in [0.2, 0.25) is 0 Å². The van der Waals surface area contributed by atoms with Crippen molar-refractivity contribution in [3.05, 3.63) is 0 Å². The molecule has 0 aliphatic carbocycles. The van der Waals surface area contributed by atoms with Crippen LogP contribution in [0.5, 0.6) is 0 Å². The minimum Gasteiger partial charge on any atom is -0.377 e. The molecule has 1 aliphatic heterocycles. The van der Waals surface area contributed by atoms with Gasteiger partial charge in [0.25, 0.3) is 0 Å². The van der Waals surface area contributed by atoms with E-state index in [1.165, 1.54) is 19.4 Å². The quantitative estimate of drug-likeness (QED) is 0.672. The molecule has 0 spiro atoms. The fraction of sp³-hybridized carbons (Fsp3) is 1.00. The summed E-state index contributed by atoms with van der Waals surface area (Å²) in [5, 5.41) is 3.48. The van der Waals surface area contributed by atoms with Crippen molar-refractivity contribution in [3.8, 4) is 0 Å². The summed E-state index contributed by atoms with van der Waals surface area (Å²) in [5.74, 6) is 0.751. The zero-order valence-electron chi connectivity index (χ0n) is 11.3. The molecule has 96 valence electrons. The molecule has 2 unspecified atom stereocenters. The van der Waals surface area contributed by atoms with E-state index in [1.54, 1.807) is 0 Å². The molecule has 0 aromatic rings. The molecule has 3 heteroatoms. The Balaban J connectivity index is 2.04. The van der Waals surface area contributed by atoms with Gasteiger partial charge in [0, 0.05) is 12.6 Å². The van der Waals surface area contributed by atoms with Gasteiger partial charge < -0.3 is 15.0 Å². The summed E-state index contributed by atoms with van der Waals surface area (Å²) in [6.45, 7) is 11.0. The number of hydrogen-bond acceptors (Lipinski definition) is 3. The lowest BCUT2D eigenvalue weighted by molar-refractivity contribution is 0.0833. The highest BCUT2D eigenvalue weighted by molar-refractivity contribution is 4.80.